The van der Waals surface area contributed by atoms with Crippen LogP contribution >= 0.6 is 11.3 Å². The molecule has 0 N–H and O–H groups in total. The molecule has 1 aliphatic heterocycles. The zero-order chi connectivity index (χ0) is 22.5. The molecule has 3 nitrogen and oxygen atoms in total. The van der Waals surface area contributed by atoms with Gasteiger partial charge in [0.25, 0.3) is 0 Å². The third-order valence-electron chi connectivity index (χ3n) is 7.49. The SMILES string of the molecule is CC1(C)OB(c2cc3oc4cccc5c6ccc7ccccc7c6sc(c2)c3c45)OC1(C)C. The van der Waals surface area contributed by atoms with Crippen molar-refractivity contribution in [1.82, 2.24) is 0 Å². The van der Waals surface area contributed by atoms with Crippen molar-refractivity contribution in [2.24, 2.45) is 0 Å². The van der Waals surface area contributed by atoms with Crippen molar-refractivity contribution in [1.29, 1.82) is 0 Å². The highest BCUT2D eigenvalue weighted by Crippen LogP contribution is 2.43. The Balaban J connectivity index is 1.63. The molecule has 0 unspecified atom stereocenters. The molecule has 0 bridgehead atoms. The Bertz CT molecular complexity index is 1720. The average molecular weight is 450 g/mol. The molecule has 3 heterocycles. The fourth-order valence-electron chi connectivity index (χ4n) is 5.02. The smallest absolute Gasteiger partial charge is 0.456 e. The van der Waals surface area contributed by atoms with Crippen LogP contribution in [0.3, 0.4) is 0 Å². The Morgan fingerprint density at radius 2 is 1.45 bits per heavy atom. The normalized spacial score (nSPS) is 17.9. The largest absolute Gasteiger partial charge is 0.495 e. The molecule has 0 saturated carbocycles. The van der Waals surface area contributed by atoms with Crippen LogP contribution in [0.15, 0.2) is 71.1 Å². The van der Waals surface area contributed by atoms with Gasteiger partial charge in [-0.15, -0.1) is 11.3 Å². The minimum atomic E-state index is -0.431. The van der Waals surface area contributed by atoms with Gasteiger partial charge in [-0.1, -0.05) is 48.5 Å². The highest BCUT2D eigenvalue weighted by Gasteiger charge is 2.51. The molecule has 0 aliphatic carbocycles. The van der Waals surface area contributed by atoms with Crippen molar-refractivity contribution in [2.75, 3.05) is 0 Å². The van der Waals surface area contributed by atoms with E-state index in [-0.39, 0.29) is 0 Å². The van der Waals surface area contributed by atoms with E-state index in [2.05, 4.69) is 94.4 Å². The van der Waals surface area contributed by atoms with Crippen LogP contribution in [0.25, 0.3) is 52.9 Å². The fraction of sp³-hybridized carbons (Fsp3) is 0.214. The number of hydrogen-bond acceptors (Lipinski definition) is 4. The molecule has 2 aromatic heterocycles. The van der Waals surface area contributed by atoms with Gasteiger partial charge in [-0.25, -0.2) is 0 Å². The Morgan fingerprint density at radius 1 is 0.697 bits per heavy atom. The molecule has 5 heteroatoms. The number of furan rings is 1. The van der Waals surface area contributed by atoms with Crippen LogP contribution in [0.1, 0.15) is 27.7 Å². The predicted molar refractivity (Wildman–Crippen MR) is 140 cm³/mol. The molecule has 6 aromatic rings. The summed E-state index contributed by atoms with van der Waals surface area (Å²) >= 11 is 1.82. The summed E-state index contributed by atoms with van der Waals surface area (Å²) in [6.07, 6.45) is 0. The number of hydrogen-bond donors (Lipinski definition) is 0. The molecule has 0 radical (unpaired) electrons. The Kier molecular flexibility index (Phi) is 3.79. The van der Waals surface area contributed by atoms with E-state index in [9.17, 15) is 0 Å². The van der Waals surface area contributed by atoms with Gasteiger partial charge in [0.2, 0.25) is 0 Å². The average Bonchev–Trinajstić information content (AvgIpc) is 3.21. The Labute approximate surface area is 196 Å². The van der Waals surface area contributed by atoms with Crippen molar-refractivity contribution in [2.45, 2.75) is 38.9 Å². The summed E-state index contributed by atoms with van der Waals surface area (Å²) in [7, 11) is -0.431. The van der Waals surface area contributed by atoms with Gasteiger partial charge in [-0.3, -0.25) is 0 Å². The molecular formula is C28H23BO3S. The van der Waals surface area contributed by atoms with E-state index >= 15 is 0 Å². The molecule has 162 valence electrons. The van der Waals surface area contributed by atoms with Gasteiger partial charge in [0.15, 0.2) is 0 Å². The van der Waals surface area contributed by atoms with Crippen molar-refractivity contribution < 1.29 is 13.7 Å². The van der Waals surface area contributed by atoms with E-state index in [1.54, 1.807) is 0 Å². The second-order valence-electron chi connectivity index (χ2n) is 10.0. The second kappa shape index (κ2) is 6.38. The zero-order valence-corrected chi connectivity index (χ0v) is 19.9. The second-order valence-corrected chi connectivity index (χ2v) is 11.1. The first kappa shape index (κ1) is 19.6. The lowest BCUT2D eigenvalue weighted by atomic mass is 9.79. The van der Waals surface area contributed by atoms with Gasteiger partial charge in [-0.05, 0) is 67.5 Å². The maximum absolute atomic E-state index is 6.39. The van der Waals surface area contributed by atoms with E-state index in [0.29, 0.717) is 0 Å². The van der Waals surface area contributed by atoms with Crippen LogP contribution in [0.4, 0.5) is 0 Å². The van der Waals surface area contributed by atoms with Gasteiger partial charge >= 0.3 is 7.12 Å². The van der Waals surface area contributed by atoms with E-state index in [0.717, 1.165) is 16.6 Å². The summed E-state index contributed by atoms with van der Waals surface area (Å²) in [6.45, 7) is 8.35. The van der Waals surface area contributed by atoms with Crippen molar-refractivity contribution in [3.63, 3.8) is 0 Å². The Hall–Kier alpha value is -2.86. The van der Waals surface area contributed by atoms with Crippen molar-refractivity contribution in [3.05, 3.63) is 66.7 Å². The van der Waals surface area contributed by atoms with Crippen LogP contribution in [0.2, 0.25) is 0 Å². The van der Waals surface area contributed by atoms with Crippen LogP contribution in [0.5, 0.6) is 0 Å². The minimum absolute atomic E-state index is 0.391. The van der Waals surface area contributed by atoms with Crippen LogP contribution in [-0.4, -0.2) is 18.3 Å². The van der Waals surface area contributed by atoms with Crippen molar-refractivity contribution >= 4 is 76.8 Å². The minimum Gasteiger partial charge on any atom is -0.456 e. The quantitative estimate of drug-likeness (QED) is 0.245. The molecule has 0 spiro atoms. The summed E-state index contributed by atoms with van der Waals surface area (Å²) in [6, 6.07) is 23.8. The topological polar surface area (TPSA) is 31.6 Å². The van der Waals surface area contributed by atoms with E-state index in [1.165, 1.54) is 41.7 Å². The first-order chi connectivity index (χ1) is 15.8. The van der Waals surface area contributed by atoms with E-state index in [4.69, 9.17) is 13.7 Å². The number of rotatable bonds is 1. The van der Waals surface area contributed by atoms with Gasteiger partial charge in [0, 0.05) is 25.6 Å². The number of fused-ring (bicyclic) bond motifs is 4. The van der Waals surface area contributed by atoms with Crippen LogP contribution < -0.4 is 5.46 Å². The molecule has 0 amide bonds. The van der Waals surface area contributed by atoms with Crippen LogP contribution in [0, 0.1) is 0 Å². The summed E-state index contributed by atoms with van der Waals surface area (Å²) in [5.41, 5.74) is 2.00. The number of benzene rings is 4. The third kappa shape index (κ3) is 2.64. The lowest BCUT2D eigenvalue weighted by Gasteiger charge is -2.32. The first-order valence-electron chi connectivity index (χ1n) is 11.4. The molecule has 1 aliphatic rings. The molecule has 7 rings (SSSR count). The lowest BCUT2D eigenvalue weighted by Crippen LogP contribution is -2.41. The summed E-state index contributed by atoms with van der Waals surface area (Å²) in [4.78, 5) is 0. The monoisotopic (exact) mass is 450 g/mol. The molecule has 33 heavy (non-hydrogen) atoms. The fourth-order valence-corrected chi connectivity index (χ4v) is 6.33. The third-order valence-corrected chi connectivity index (χ3v) is 8.68. The lowest BCUT2D eigenvalue weighted by molar-refractivity contribution is 0.00578. The van der Waals surface area contributed by atoms with E-state index in [1.807, 2.05) is 11.3 Å². The predicted octanol–water partition coefficient (Wildman–Crippen LogP) is 7.41. The van der Waals surface area contributed by atoms with Gasteiger partial charge in [0.05, 0.1) is 11.2 Å². The maximum Gasteiger partial charge on any atom is 0.495 e. The molecular weight excluding hydrogens is 427 g/mol. The highest BCUT2D eigenvalue weighted by molar-refractivity contribution is 7.25. The maximum atomic E-state index is 6.39. The summed E-state index contributed by atoms with van der Waals surface area (Å²) in [5.74, 6) is 0. The van der Waals surface area contributed by atoms with Crippen LogP contribution in [-0.2, 0) is 9.31 Å². The molecule has 0 atom stereocenters. The van der Waals surface area contributed by atoms with Gasteiger partial charge < -0.3 is 13.7 Å². The standard InChI is InChI=1S/C28H23BO3S/c1-27(2)28(3,4)32-29(31-27)17-14-22-25-23(15-17)33-26-18-9-6-5-8-16(18)12-13-20(26)19-10-7-11-21(30-22)24(19)25/h5-15H,1-4H3. The first-order valence-corrected chi connectivity index (χ1v) is 12.2. The Morgan fingerprint density at radius 3 is 2.27 bits per heavy atom. The van der Waals surface area contributed by atoms with Crippen molar-refractivity contribution in [3.8, 4) is 0 Å². The summed E-state index contributed by atoms with van der Waals surface area (Å²) in [5, 5.41) is 7.35. The molecule has 4 aromatic carbocycles. The molecule has 1 saturated heterocycles. The summed E-state index contributed by atoms with van der Waals surface area (Å²) < 4.78 is 21.6. The van der Waals surface area contributed by atoms with E-state index < -0.39 is 18.3 Å². The van der Waals surface area contributed by atoms with Gasteiger partial charge in [0.1, 0.15) is 11.2 Å². The molecule has 1 fully saturated rings. The highest BCUT2D eigenvalue weighted by atomic mass is 32.1. The van der Waals surface area contributed by atoms with Gasteiger partial charge in [-0.2, -0.15) is 0 Å². The zero-order valence-electron chi connectivity index (χ0n) is 19.1.